The molecule has 3 atom stereocenters. The number of benzene rings is 3. The summed E-state index contributed by atoms with van der Waals surface area (Å²) in [7, 11) is 0. The number of hydrogen-bond donors (Lipinski definition) is 2. The van der Waals surface area contributed by atoms with E-state index in [1.165, 1.54) is 4.90 Å². The Bertz CT molecular complexity index is 1510. The molecule has 4 aromatic rings. The molecule has 3 amide bonds. The SMILES string of the molecule is CC[C@H](C)[C@H](NC(=O)CN1C(=O)c2ccccc2N2C(=O)c3ccccc3C12)c1nc2ccccc2[nH]1. The van der Waals surface area contributed by atoms with E-state index in [2.05, 4.69) is 24.1 Å². The zero-order valence-corrected chi connectivity index (χ0v) is 20.6. The van der Waals surface area contributed by atoms with Gasteiger partial charge in [0.1, 0.15) is 18.5 Å². The van der Waals surface area contributed by atoms with Crippen LogP contribution in [-0.4, -0.2) is 39.1 Å². The predicted molar refractivity (Wildman–Crippen MR) is 140 cm³/mol. The number of fused-ring (bicyclic) bond motifs is 6. The molecule has 0 spiro atoms. The molecule has 8 nitrogen and oxygen atoms in total. The number of aromatic nitrogens is 2. The van der Waals surface area contributed by atoms with Gasteiger partial charge in [0.05, 0.1) is 28.3 Å². The number of para-hydroxylation sites is 3. The highest BCUT2D eigenvalue weighted by molar-refractivity contribution is 6.17. The van der Waals surface area contributed by atoms with Crippen molar-refractivity contribution in [2.45, 2.75) is 32.5 Å². The zero-order valence-electron chi connectivity index (χ0n) is 20.6. The predicted octanol–water partition coefficient (Wildman–Crippen LogP) is 4.58. The molecule has 0 radical (unpaired) electrons. The number of nitrogens with one attached hydrogen (secondary N) is 2. The normalized spacial score (nSPS) is 17.8. The minimum Gasteiger partial charge on any atom is -0.344 e. The summed E-state index contributed by atoms with van der Waals surface area (Å²) >= 11 is 0. The Hall–Kier alpha value is -4.46. The topological polar surface area (TPSA) is 98.4 Å². The van der Waals surface area contributed by atoms with E-state index in [0.29, 0.717) is 22.6 Å². The van der Waals surface area contributed by atoms with Crippen LogP contribution in [0.5, 0.6) is 0 Å². The summed E-state index contributed by atoms with van der Waals surface area (Å²) in [6.45, 7) is 3.94. The average Bonchev–Trinajstić information content (AvgIpc) is 3.48. The molecular weight excluding hydrogens is 466 g/mol. The van der Waals surface area contributed by atoms with Crippen LogP contribution >= 0.6 is 0 Å². The van der Waals surface area contributed by atoms with Crippen molar-refractivity contribution in [3.63, 3.8) is 0 Å². The van der Waals surface area contributed by atoms with E-state index in [9.17, 15) is 14.4 Å². The quantitative estimate of drug-likeness (QED) is 0.411. The van der Waals surface area contributed by atoms with Gasteiger partial charge in [0.25, 0.3) is 11.8 Å². The lowest BCUT2D eigenvalue weighted by atomic mass is 9.98. The molecule has 0 bridgehead atoms. The highest BCUT2D eigenvalue weighted by atomic mass is 16.2. The summed E-state index contributed by atoms with van der Waals surface area (Å²) in [5.41, 5.74) is 3.97. The van der Waals surface area contributed by atoms with Gasteiger partial charge in [-0.25, -0.2) is 4.98 Å². The number of rotatable bonds is 6. The third kappa shape index (κ3) is 3.67. The van der Waals surface area contributed by atoms with Gasteiger partial charge in [0.2, 0.25) is 5.91 Å². The van der Waals surface area contributed by atoms with Crippen molar-refractivity contribution in [3.8, 4) is 0 Å². The second-order valence-electron chi connectivity index (χ2n) is 9.66. The van der Waals surface area contributed by atoms with E-state index in [0.717, 1.165) is 23.0 Å². The molecule has 0 saturated heterocycles. The zero-order chi connectivity index (χ0) is 25.7. The molecule has 186 valence electrons. The number of hydrogen-bond acceptors (Lipinski definition) is 4. The molecule has 1 unspecified atom stereocenters. The molecule has 3 heterocycles. The van der Waals surface area contributed by atoms with Crippen molar-refractivity contribution in [2.75, 3.05) is 11.4 Å². The van der Waals surface area contributed by atoms with Gasteiger partial charge >= 0.3 is 0 Å². The standard InChI is InChI=1S/C29H27N5O3/c1-3-17(2)25(26-30-21-13-7-8-14-22(21)31-26)32-24(35)16-33-27-18-10-4-5-11-19(18)29(37)34(27)23-15-9-6-12-20(23)28(33)36/h4-15,17,25,27H,3,16H2,1-2H3,(H,30,31)(H,32,35)/t17-,25-,27?/m0/s1. The van der Waals surface area contributed by atoms with Crippen molar-refractivity contribution in [3.05, 3.63) is 95.3 Å². The Morgan fingerprint density at radius 3 is 2.46 bits per heavy atom. The lowest BCUT2D eigenvalue weighted by Gasteiger charge is -2.40. The second-order valence-corrected chi connectivity index (χ2v) is 9.66. The van der Waals surface area contributed by atoms with E-state index < -0.39 is 6.17 Å². The Morgan fingerprint density at radius 1 is 0.973 bits per heavy atom. The summed E-state index contributed by atoms with van der Waals surface area (Å²) < 4.78 is 0. The van der Waals surface area contributed by atoms with Gasteiger partial charge in [-0.2, -0.15) is 0 Å². The largest absolute Gasteiger partial charge is 0.344 e. The fraction of sp³-hybridized carbons (Fsp3) is 0.241. The van der Waals surface area contributed by atoms with Crippen molar-refractivity contribution < 1.29 is 14.4 Å². The Labute approximate surface area is 214 Å². The Morgan fingerprint density at radius 2 is 1.68 bits per heavy atom. The van der Waals surface area contributed by atoms with Crippen LogP contribution in [0.15, 0.2) is 72.8 Å². The van der Waals surface area contributed by atoms with E-state index in [1.54, 1.807) is 29.2 Å². The second kappa shape index (κ2) is 8.89. The molecule has 1 aromatic heterocycles. The van der Waals surface area contributed by atoms with E-state index >= 15 is 0 Å². The van der Waals surface area contributed by atoms with E-state index in [-0.39, 0.29) is 36.2 Å². The van der Waals surface area contributed by atoms with Crippen LogP contribution in [0, 0.1) is 5.92 Å². The summed E-state index contributed by atoms with van der Waals surface area (Å²) in [6, 6.07) is 21.7. The molecule has 2 N–H and O–H groups in total. The van der Waals surface area contributed by atoms with Gasteiger partial charge in [-0.1, -0.05) is 62.7 Å². The number of anilines is 1. The lowest BCUT2D eigenvalue weighted by Crippen LogP contribution is -2.52. The van der Waals surface area contributed by atoms with Crippen LogP contribution in [0.4, 0.5) is 5.69 Å². The third-order valence-corrected chi connectivity index (χ3v) is 7.43. The van der Waals surface area contributed by atoms with E-state index in [1.807, 2.05) is 48.5 Å². The molecule has 8 heteroatoms. The van der Waals surface area contributed by atoms with Crippen LogP contribution in [0.2, 0.25) is 0 Å². The number of carbonyl (C=O) groups excluding carboxylic acids is 3. The number of H-pyrrole nitrogens is 1. The maximum atomic E-state index is 13.7. The monoisotopic (exact) mass is 493 g/mol. The number of carbonyl (C=O) groups is 3. The van der Waals surface area contributed by atoms with Crippen molar-refractivity contribution in [2.24, 2.45) is 5.92 Å². The molecule has 2 aliphatic rings. The fourth-order valence-corrected chi connectivity index (χ4v) is 5.34. The molecule has 6 rings (SSSR count). The fourth-order valence-electron chi connectivity index (χ4n) is 5.34. The number of nitrogens with zero attached hydrogens (tertiary/aromatic N) is 3. The highest BCUT2D eigenvalue weighted by Gasteiger charge is 2.48. The van der Waals surface area contributed by atoms with Gasteiger partial charge in [-0.3, -0.25) is 19.3 Å². The average molecular weight is 494 g/mol. The Balaban J connectivity index is 1.33. The molecule has 37 heavy (non-hydrogen) atoms. The molecule has 0 fully saturated rings. The van der Waals surface area contributed by atoms with Gasteiger partial charge < -0.3 is 15.2 Å². The molecule has 2 aliphatic heterocycles. The summed E-state index contributed by atoms with van der Waals surface area (Å²) in [6.07, 6.45) is 0.154. The van der Waals surface area contributed by atoms with Gasteiger partial charge in [0.15, 0.2) is 0 Å². The van der Waals surface area contributed by atoms with Crippen molar-refractivity contribution in [1.29, 1.82) is 0 Å². The van der Waals surface area contributed by atoms with Gasteiger partial charge in [-0.15, -0.1) is 0 Å². The molecule has 0 aliphatic carbocycles. The number of imidazole rings is 1. The number of amides is 3. The first-order valence-corrected chi connectivity index (χ1v) is 12.5. The highest BCUT2D eigenvalue weighted by Crippen LogP contribution is 2.45. The molecule has 0 saturated carbocycles. The molecule has 3 aromatic carbocycles. The first-order valence-electron chi connectivity index (χ1n) is 12.5. The smallest absolute Gasteiger partial charge is 0.260 e. The van der Waals surface area contributed by atoms with Gasteiger partial charge in [-0.05, 0) is 36.2 Å². The summed E-state index contributed by atoms with van der Waals surface area (Å²) in [5.74, 6) is 0.0242. The minimum atomic E-state index is -0.676. The van der Waals surface area contributed by atoms with Crippen LogP contribution in [-0.2, 0) is 4.79 Å². The summed E-state index contributed by atoms with van der Waals surface area (Å²) in [5, 5.41) is 3.12. The third-order valence-electron chi connectivity index (χ3n) is 7.43. The minimum absolute atomic E-state index is 0.104. The van der Waals surface area contributed by atoms with Crippen molar-refractivity contribution in [1.82, 2.24) is 20.2 Å². The van der Waals surface area contributed by atoms with Crippen LogP contribution in [0.25, 0.3) is 11.0 Å². The molecular formula is C29H27N5O3. The maximum absolute atomic E-state index is 13.7. The van der Waals surface area contributed by atoms with Gasteiger partial charge in [0, 0.05) is 11.1 Å². The van der Waals surface area contributed by atoms with E-state index in [4.69, 9.17) is 4.98 Å². The Kier molecular flexibility index (Phi) is 5.52. The van der Waals surface area contributed by atoms with Crippen molar-refractivity contribution >= 4 is 34.4 Å². The van der Waals surface area contributed by atoms with Crippen LogP contribution < -0.4 is 10.2 Å². The lowest BCUT2D eigenvalue weighted by molar-refractivity contribution is -0.123. The van der Waals surface area contributed by atoms with Crippen LogP contribution in [0.3, 0.4) is 0 Å². The maximum Gasteiger partial charge on any atom is 0.260 e. The first-order chi connectivity index (χ1) is 18.0. The van der Waals surface area contributed by atoms with Crippen LogP contribution in [0.1, 0.15) is 64.6 Å². The summed E-state index contributed by atoms with van der Waals surface area (Å²) in [4.78, 5) is 51.7. The number of aromatic amines is 1. The first kappa shape index (κ1) is 23.0.